The number of hydrogen-bond donors (Lipinski definition) is 1. The maximum absolute atomic E-state index is 3.66. The van der Waals surface area contributed by atoms with Crippen molar-refractivity contribution < 1.29 is 0 Å². The molecule has 0 aromatic carbocycles. The van der Waals surface area contributed by atoms with Crippen LogP contribution in [0.2, 0.25) is 0 Å². The van der Waals surface area contributed by atoms with E-state index >= 15 is 0 Å². The molecule has 0 aromatic rings. The topological polar surface area (TPSA) is 15.3 Å². The Morgan fingerprint density at radius 2 is 1.83 bits per heavy atom. The molecule has 0 radical (unpaired) electrons. The Kier molecular flexibility index (Phi) is 5.50. The zero-order chi connectivity index (χ0) is 13.0. The smallest absolute Gasteiger partial charge is 0.00683 e. The third-order valence-corrected chi connectivity index (χ3v) is 4.71. The molecule has 0 aromatic heterocycles. The molecule has 2 nitrogen and oxygen atoms in total. The quantitative estimate of drug-likeness (QED) is 0.781. The lowest BCUT2D eigenvalue weighted by atomic mass is 9.89. The number of hydrogen-bond acceptors (Lipinski definition) is 2. The number of nitrogens with zero attached hydrogens (tertiary/aromatic N) is 1. The highest BCUT2D eigenvalue weighted by Gasteiger charge is 2.23. The highest BCUT2D eigenvalue weighted by Crippen LogP contribution is 2.25. The summed E-state index contributed by atoms with van der Waals surface area (Å²) in [5.41, 5.74) is 0. The van der Waals surface area contributed by atoms with Crippen LogP contribution in [0.25, 0.3) is 0 Å². The Hall–Kier alpha value is -0.0800. The van der Waals surface area contributed by atoms with Crippen LogP contribution in [0.15, 0.2) is 0 Å². The third kappa shape index (κ3) is 4.89. The molecule has 0 amide bonds. The molecular formula is C16H32N2. The molecule has 0 spiro atoms. The monoisotopic (exact) mass is 252 g/mol. The molecule has 1 N–H and O–H groups in total. The lowest BCUT2D eigenvalue weighted by molar-refractivity contribution is 0.235. The zero-order valence-electron chi connectivity index (χ0n) is 12.6. The minimum absolute atomic E-state index is 0.807. The summed E-state index contributed by atoms with van der Waals surface area (Å²) in [6, 6.07) is 0.863. The van der Waals surface area contributed by atoms with Gasteiger partial charge in [0.2, 0.25) is 0 Å². The van der Waals surface area contributed by atoms with E-state index in [1.807, 2.05) is 0 Å². The predicted octanol–water partition coefficient (Wildman–Crippen LogP) is 3.13. The summed E-state index contributed by atoms with van der Waals surface area (Å²) in [5.74, 6) is 2.65. The van der Waals surface area contributed by atoms with Gasteiger partial charge in [0.05, 0.1) is 0 Å². The Balaban J connectivity index is 1.65. The van der Waals surface area contributed by atoms with E-state index in [1.165, 1.54) is 58.3 Å². The molecule has 2 atom stereocenters. The van der Waals surface area contributed by atoms with Crippen molar-refractivity contribution in [1.29, 1.82) is 0 Å². The van der Waals surface area contributed by atoms with Crippen molar-refractivity contribution in [3.8, 4) is 0 Å². The lowest BCUT2D eigenvalue weighted by Crippen LogP contribution is -2.34. The average Bonchev–Trinajstić information content (AvgIpc) is 3.13. The van der Waals surface area contributed by atoms with Crippen LogP contribution in [-0.4, -0.2) is 37.1 Å². The van der Waals surface area contributed by atoms with Crippen molar-refractivity contribution in [2.75, 3.05) is 26.2 Å². The van der Waals surface area contributed by atoms with Crippen LogP contribution >= 0.6 is 0 Å². The van der Waals surface area contributed by atoms with Gasteiger partial charge in [0, 0.05) is 12.6 Å². The fraction of sp³-hybridized carbons (Fsp3) is 1.00. The van der Waals surface area contributed by atoms with E-state index in [0.29, 0.717) is 0 Å². The molecule has 106 valence electrons. The SMILES string of the molecule is CC(CNC1CC1)CN1CCCC(C(C)C)CC1. The van der Waals surface area contributed by atoms with Crippen molar-refractivity contribution >= 4 is 0 Å². The second-order valence-corrected chi connectivity index (χ2v) is 7.02. The van der Waals surface area contributed by atoms with Gasteiger partial charge in [-0.25, -0.2) is 0 Å². The standard InChI is InChI=1S/C16H32N2/c1-13(2)15-5-4-9-18(10-8-15)12-14(3)11-17-16-6-7-16/h13-17H,4-12H2,1-3H3. The van der Waals surface area contributed by atoms with Gasteiger partial charge in [-0.3, -0.25) is 0 Å². The Labute approximate surface area is 114 Å². The lowest BCUT2D eigenvalue weighted by Gasteiger charge is -2.24. The fourth-order valence-corrected chi connectivity index (χ4v) is 3.19. The highest BCUT2D eigenvalue weighted by molar-refractivity contribution is 4.82. The molecule has 0 bridgehead atoms. The molecular weight excluding hydrogens is 220 g/mol. The molecule has 1 aliphatic carbocycles. The van der Waals surface area contributed by atoms with Crippen LogP contribution < -0.4 is 5.32 Å². The Morgan fingerprint density at radius 1 is 1.06 bits per heavy atom. The molecule has 2 aliphatic rings. The zero-order valence-corrected chi connectivity index (χ0v) is 12.6. The highest BCUT2D eigenvalue weighted by atomic mass is 15.1. The van der Waals surface area contributed by atoms with E-state index in [4.69, 9.17) is 0 Å². The first-order valence-electron chi connectivity index (χ1n) is 8.11. The van der Waals surface area contributed by atoms with Gasteiger partial charge in [-0.15, -0.1) is 0 Å². The summed E-state index contributed by atoms with van der Waals surface area (Å²) < 4.78 is 0. The molecule has 2 fully saturated rings. The van der Waals surface area contributed by atoms with Gasteiger partial charge in [-0.05, 0) is 69.5 Å². The summed E-state index contributed by atoms with van der Waals surface area (Å²) in [6.07, 6.45) is 7.09. The number of rotatable bonds is 6. The van der Waals surface area contributed by atoms with Gasteiger partial charge in [-0.1, -0.05) is 20.8 Å². The summed E-state index contributed by atoms with van der Waals surface area (Å²) >= 11 is 0. The van der Waals surface area contributed by atoms with Crippen molar-refractivity contribution in [2.24, 2.45) is 17.8 Å². The number of nitrogens with one attached hydrogen (secondary N) is 1. The fourth-order valence-electron chi connectivity index (χ4n) is 3.19. The summed E-state index contributed by atoms with van der Waals surface area (Å²) in [6.45, 7) is 12.4. The predicted molar refractivity (Wildman–Crippen MR) is 78.8 cm³/mol. The Morgan fingerprint density at radius 3 is 2.50 bits per heavy atom. The van der Waals surface area contributed by atoms with E-state index in [2.05, 4.69) is 31.0 Å². The first-order chi connectivity index (χ1) is 8.65. The van der Waals surface area contributed by atoms with E-state index < -0.39 is 0 Å². The summed E-state index contributed by atoms with van der Waals surface area (Å²) in [5, 5.41) is 3.66. The molecule has 2 heteroatoms. The second kappa shape index (κ2) is 6.91. The van der Waals surface area contributed by atoms with Gasteiger partial charge in [0.1, 0.15) is 0 Å². The average molecular weight is 252 g/mol. The van der Waals surface area contributed by atoms with Crippen molar-refractivity contribution in [3.05, 3.63) is 0 Å². The molecule has 2 unspecified atom stereocenters. The maximum Gasteiger partial charge on any atom is 0.00683 e. The largest absolute Gasteiger partial charge is 0.314 e. The maximum atomic E-state index is 3.66. The van der Waals surface area contributed by atoms with Crippen molar-refractivity contribution in [1.82, 2.24) is 10.2 Å². The first-order valence-corrected chi connectivity index (χ1v) is 8.11. The van der Waals surface area contributed by atoms with Gasteiger partial charge in [0.25, 0.3) is 0 Å². The van der Waals surface area contributed by atoms with Gasteiger partial charge in [-0.2, -0.15) is 0 Å². The summed E-state index contributed by atoms with van der Waals surface area (Å²) in [7, 11) is 0. The van der Waals surface area contributed by atoms with Gasteiger partial charge < -0.3 is 10.2 Å². The van der Waals surface area contributed by atoms with Gasteiger partial charge >= 0.3 is 0 Å². The van der Waals surface area contributed by atoms with Crippen LogP contribution in [0.5, 0.6) is 0 Å². The van der Waals surface area contributed by atoms with Crippen LogP contribution in [0, 0.1) is 17.8 Å². The third-order valence-electron chi connectivity index (χ3n) is 4.71. The molecule has 1 aliphatic heterocycles. The van der Waals surface area contributed by atoms with E-state index in [-0.39, 0.29) is 0 Å². The minimum Gasteiger partial charge on any atom is -0.314 e. The second-order valence-electron chi connectivity index (χ2n) is 7.02. The number of likely N-dealkylation sites (tertiary alicyclic amines) is 1. The molecule has 2 rings (SSSR count). The van der Waals surface area contributed by atoms with Crippen LogP contribution in [0.3, 0.4) is 0 Å². The minimum atomic E-state index is 0.807. The molecule has 1 saturated carbocycles. The summed E-state index contributed by atoms with van der Waals surface area (Å²) in [4.78, 5) is 2.71. The van der Waals surface area contributed by atoms with Crippen molar-refractivity contribution in [2.45, 2.75) is 58.9 Å². The first kappa shape index (κ1) is 14.3. The van der Waals surface area contributed by atoms with Crippen LogP contribution in [0.4, 0.5) is 0 Å². The molecule has 18 heavy (non-hydrogen) atoms. The Bertz CT molecular complexity index is 235. The molecule has 1 heterocycles. The van der Waals surface area contributed by atoms with E-state index in [1.54, 1.807) is 0 Å². The van der Waals surface area contributed by atoms with Crippen LogP contribution in [-0.2, 0) is 0 Å². The normalized spacial score (nSPS) is 28.3. The molecule has 1 saturated heterocycles. The van der Waals surface area contributed by atoms with Crippen LogP contribution in [0.1, 0.15) is 52.9 Å². The van der Waals surface area contributed by atoms with E-state index in [9.17, 15) is 0 Å². The van der Waals surface area contributed by atoms with Gasteiger partial charge in [0.15, 0.2) is 0 Å². The van der Waals surface area contributed by atoms with E-state index in [0.717, 1.165) is 23.8 Å². The van der Waals surface area contributed by atoms with Crippen molar-refractivity contribution in [3.63, 3.8) is 0 Å².